The molecule has 0 aromatic heterocycles. The minimum Gasteiger partial charge on any atom is -0.294 e. The molecule has 1 aliphatic carbocycles. The summed E-state index contributed by atoms with van der Waals surface area (Å²) >= 11 is 1.79. The fraction of sp³-hybridized carbons (Fsp3) is 0.533. The molecule has 0 bridgehead atoms. The summed E-state index contributed by atoms with van der Waals surface area (Å²) in [5.74, 6) is -0.0460. The zero-order valence-corrected chi connectivity index (χ0v) is 14.0. The van der Waals surface area contributed by atoms with E-state index in [1.54, 1.807) is 30.8 Å². The first kappa shape index (κ1) is 16.5. The first-order valence-corrected chi connectivity index (χ1v) is 9.91. The SMILES string of the molecule is CCC(=O)c1cccc(S(=O)(=O)NC2CCC(SC)C2)c1. The number of hydrogen-bond acceptors (Lipinski definition) is 4. The number of Topliss-reactive ketones (excluding diaryl/α,β-unsaturated/α-hetero) is 1. The van der Waals surface area contributed by atoms with Crippen LogP contribution in [-0.4, -0.2) is 31.7 Å². The number of ketones is 1. The summed E-state index contributed by atoms with van der Waals surface area (Å²) in [4.78, 5) is 11.9. The van der Waals surface area contributed by atoms with Gasteiger partial charge in [0.25, 0.3) is 0 Å². The highest BCUT2D eigenvalue weighted by Crippen LogP contribution is 2.29. The monoisotopic (exact) mass is 327 g/mol. The van der Waals surface area contributed by atoms with Gasteiger partial charge in [0, 0.05) is 23.3 Å². The number of rotatable bonds is 6. The van der Waals surface area contributed by atoms with Crippen molar-refractivity contribution in [2.75, 3.05) is 6.26 Å². The van der Waals surface area contributed by atoms with Crippen LogP contribution in [0.3, 0.4) is 0 Å². The van der Waals surface area contributed by atoms with E-state index in [1.165, 1.54) is 12.1 Å². The Labute approximate surface area is 130 Å². The maximum absolute atomic E-state index is 12.4. The fourth-order valence-electron chi connectivity index (χ4n) is 2.59. The van der Waals surface area contributed by atoms with E-state index in [0.29, 0.717) is 17.2 Å². The lowest BCUT2D eigenvalue weighted by atomic mass is 10.1. The van der Waals surface area contributed by atoms with E-state index in [-0.39, 0.29) is 16.7 Å². The van der Waals surface area contributed by atoms with E-state index in [2.05, 4.69) is 11.0 Å². The highest BCUT2D eigenvalue weighted by molar-refractivity contribution is 7.99. The summed E-state index contributed by atoms with van der Waals surface area (Å²) in [5, 5.41) is 0.533. The first-order chi connectivity index (χ1) is 9.96. The lowest BCUT2D eigenvalue weighted by Crippen LogP contribution is -2.33. The normalized spacial score (nSPS) is 22.4. The smallest absolute Gasteiger partial charge is 0.240 e. The van der Waals surface area contributed by atoms with Crippen LogP contribution in [0.15, 0.2) is 29.2 Å². The Morgan fingerprint density at radius 3 is 2.76 bits per heavy atom. The van der Waals surface area contributed by atoms with Crippen molar-refractivity contribution < 1.29 is 13.2 Å². The Balaban J connectivity index is 2.14. The molecule has 1 N–H and O–H groups in total. The number of nitrogens with one attached hydrogen (secondary N) is 1. The second-order valence-corrected chi connectivity index (χ2v) is 8.15. The predicted molar refractivity (Wildman–Crippen MR) is 86.3 cm³/mol. The summed E-state index contributed by atoms with van der Waals surface area (Å²) in [6.07, 6.45) is 5.21. The molecule has 2 unspecified atom stereocenters. The van der Waals surface area contributed by atoms with Gasteiger partial charge >= 0.3 is 0 Å². The van der Waals surface area contributed by atoms with Crippen molar-refractivity contribution in [1.29, 1.82) is 0 Å². The zero-order valence-electron chi connectivity index (χ0n) is 12.3. The van der Waals surface area contributed by atoms with Crippen molar-refractivity contribution in [3.05, 3.63) is 29.8 Å². The number of sulfonamides is 1. The van der Waals surface area contributed by atoms with Gasteiger partial charge in [-0.1, -0.05) is 19.1 Å². The molecular weight excluding hydrogens is 306 g/mol. The van der Waals surface area contributed by atoms with E-state index in [4.69, 9.17) is 0 Å². The standard InChI is InChI=1S/C15H21NO3S2/c1-3-15(17)11-5-4-6-14(9-11)21(18,19)16-12-7-8-13(10-12)20-2/h4-6,9,12-13,16H,3,7-8,10H2,1-2H3. The third kappa shape index (κ3) is 4.08. The average Bonchev–Trinajstić information content (AvgIpc) is 2.93. The zero-order chi connectivity index (χ0) is 15.5. The van der Waals surface area contributed by atoms with Gasteiger partial charge < -0.3 is 0 Å². The summed E-state index contributed by atoms with van der Waals surface area (Å²) < 4.78 is 27.6. The molecule has 1 saturated carbocycles. The van der Waals surface area contributed by atoms with Crippen molar-refractivity contribution in [3.8, 4) is 0 Å². The van der Waals surface area contributed by atoms with Crippen LogP contribution in [0, 0.1) is 0 Å². The summed E-state index contributed by atoms with van der Waals surface area (Å²) in [6.45, 7) is 1.77. The van der Waals surface area contributed by atoms with Crippen molar-refractivity contribution in [2.45, 2.75) is 48.8 Å². The van der Waals surface area contributed by atoms with Crippen LogP contribution in [0.25, 0.3) is 0 Å². The van der Waals surface area contributed by atoms with Gasteiger partial charge in [-0.3, -0.25) is 4.79 Å². The molecule has 1 aliphatic rings. The minimum atomic E-state index is -3.55. The number of carbonyl (C=O) groups excluding carboxylic acids is 1. The maximum Gasteiger partial charge on any atom is 0.240 e. The molecule has 0 radical (unpaired) electrons. The highest BCUT2D eigenvalue weighted by atomic mass is 32.2. The van der Waals surface area contributed by atoms with Crippen LogP contribution in [0.5, 0.6) is 0 Å². The van der Waals surface area contributed by atoms with Crippen molar-refractivity contribution in [2.24, 2.45) is 0 Å². The van der Waals surface area contributed by atoms with Gasteiger partial charge in [-0.25, -0.2) is 13.1 Å². The number of hydrogen-bond donors (Lipinski definition) is 1. The number of benzene rings is 1. The average molecular weight is 327 g/mol. The van der Waals surface area contributed by atoms with Crippen LogP contribution in [-0.2, 0) is 10.0 Å². The molecule has 6 heteroatoms. The van der Waals surface area contributed by atoms with Crippen molar-refractivity contribution >= 4 is 27.6 Å². The molecule has 1 aromatic rings. The maximum atomic E-state index is 12.4. The van der Waals surface area contributed by atoms with Crippen molar-refractivity contribution in [1.82, 2.24) is 4.72 Å². The van der Waals surface area contributed by atoms with E-state index in [0.717, 1.165) is 19.3 Å². The Morgan fingerprint density at radius 1 is 1.38 bits per heavy atom. The third-order valence-electron chi connectivity index (χ3n) is 3.83. The molecule has 4 nitrogen and oxygen atoms in total. The van der Waals surface area contributed by atoms with Gasteiger partial charge in [-0.05, 0) is 37.7 Å². The summed E-state index contributed by atoms with van der Waals surface area (Å²) in [6, 6.07) is 6.28. The molecule has 1 aromatic carbocycles. The second-order valence-electron chi connectivity index (χ2n) is 5.29. The van der Waals surface area contributed by atoms with Gasteiger partial charge in [-0.15, -0.1) is 0 Å². The van der Waals surface area contributed by atoms with E-state index in [9.17, 15) is 13.2 Å². The molecule has 1 fully saturated rings. The first-order valence-electron chi connectivity index (χ1n) is 7.14. The van der Waals surface area contributed by atoms with Gasteiger partial charge in [0.15, 0.2) is 5.78 Å². The molecule has 0 heterocycles. The Morgan fingerprint density at radius 2 is 2.14 bits per heavy atom. The Hall–Kier alpha value is -0.850. The minimum absolute atomic E-state index is 0.00187. The molecule has 0 spiro atoms. The van der Waals surface area contributed by atoms with Gasteiger partial charge in [-0.2, -0.15) is 11.8 Å². The van der Waals surface area contributed by atoms with E-state index < -0.39 is 10.0 Å². The van der Waals surface area contributed by atoms with Crippen LogP contribution >= 0.6 is 11.8 Å². The quantitative estimate of drug-likeness (QED) is 0.816. The predicted octanol–water partition coefficient (Wildman–Crippen LogP) is 2.84. The Kier molecular flexibility index (Phi) is 5.46. The molecular formula is C15H21NO3S2. The highest BCUT2D eigenvalue weighted by Gasteiger charge is 2.28. The molecule has 0 amide bonds. The number of carbonyl (C=O) groups is 1. The Bertz CT molecular complexity index is 613. The molecule has 2 rings (SSSR count). The topological polar surface area (TPSA) is 63.2 Å². The molecule has 2 atom stereocenters. The van der Waals surface area contributed by atoms with Crippen molar-refractivity contribution in [3.63, 3.8) is 0 Å². The molecule has 116 valence electrons. The lowest BCUT2D eigenvalue weighted by molar-refractivity contribution is 0.0988. The van der Waals surface area contributed by atoms with Gasteiger partial charge in [0.05, 0.1) is 4.90 Å². The fourth-order valence-corrected chi connectivity index (χ4v) is 4.71. The third-order valence-corrected chi connectivity index (χ3v) is 6.44. The second kappa shape index (κ2) is 6.94. The van der Waals surface area contributed by atoms with E-state index >= 15 is 0 Å². The summed E-state index contributed by atoms with van der Waals surface area (Å²) in [7, 11) is -3.55. The molecule has 0 aliphatic heterocycles. The largest absolute Gasteiger partial charge is 0.294 e. The number of thioether (sulfide) groups is 1. The van der Waals surface area contributed by atoms with Crippen LogP contribution in [0.4, 0.5) is 0 Å². The van der Waals surface area contributed by atoms with Crippen LogP contribution < -0.4 is 4.72 Å². The van der Waals surface area contributed by atoms with Crippen LogP contribution in [0.1, 0.15) is 43.0 Å². The summed E-state index contributed by atoms with van der Waals surface area (Å²) in [5.41, 5.74) is 0.453. The lowest BCUT2D eigenvalue weighted by Gasteiger charge is -2.13. The van der Waals surface area contributed by atoms with Gasteiger partial charge in [0.2, 0.25) is 10.0 Å². The van der Waals surface area contributed by atoms with E-state index in [1.807, 2.05) is 0 Å². The van der Waals surface area contributed by atoms with Gasteiger partial charge in [0.1, 0.15) is 0 Å². The molecule has 21 heavy (non-hydrogen) atoms. The van der Waals surface area contributed by atoms with Crippen LogP contribution in [0.2, 0.25) is 0 Å². The molecule has 0 saturated heterocycles.